The molecule has 10 heteroatoms. The zero-order valence-corrected chi connectivity index (χ0v) is 21.0. The number of H-pyrrole nitrogens is 1. The van der Waals surface area contributed by atoms with Crippen molar-refractivity contribution in [1.29, 1.82) is 0 Å². The van der Waals surface area contributed by atoms with Gasteiger partial charge in [0.1, 0.15) is 23.0 Å². The molecule has 3 aromatic carbocycles. The van der Waals surface area contributed by atoms with E-state index in [4.69, 9.17) is 4.74 Å². The van der Waals surface area contributed by atoms with Gasteiger partial charge in [0.2, 0.25) is 5.91 Å². The third-order valence-electron chi connectivity index (χ3n) is 6.56. The number of fused-ring (bicyclic) bond motifs is 1. The maximum absolute atomic E-state index is 15.1. The number of hydrogen-bond acceptors (Lipinski definition) is 6. The maximum atomic E-state index is 15.1. The summed E-state index contributed by atoms with van der Waals surface area (Å²) in [5.74, 6) is -0.924. The van der Waals surface area contributed by atoms with Crippen LogP contribution in [0.15, 0.2) is 54.6 Å². The number of para-hydroxylation sites is 1. The summed E-state index contributed by atoms with van der Waals surface area (Å²) in [6.45, 7) is 4.07. The van der Waals surface area contributed by atoms with Crippen LogP contribution in [-0.4, -0.2) is 52.4 Å². The number of aromatic amines is 1. The molecule has 1 atom stereocenters. The molecule has 1 aliphatic rings. The second-order valence-corrected chi connectivity index (χ2v) is 9.32. The summed E-state index contributed by atoms with van der Waals surface area (Å²) in [6.07, 6.45) is -1.12. The molecule has 0 radical (unpaired) electrons. The zero-order chi connectivity index (χ0) is 26.8. The summed E-state index contributed by atoms with van der Waals surface area (Å²) in [6, 6.07) is 15.4. The molecule has 0 unspecified atom stereocenters. The standard InChI is InChI=1S/C28H26FN5O4/c1-16-6-8-20(17(2)12-16)25(35)10-11-26(36)30-14-19-15-34(28(37)38-19)18-7-9-21(23(29)13-18)22-4-3-5-24-27(22)32-33-31-24/h3-9,12-13,19H,10-11,14-15H2,1-2H3,(H,30,36)(H,31,32,33)/t19-/m0/s1. The van der Waals surface area contributed by atoms with Gasteiger partial charge in [0.05, 0.1) is 18.8 Å². The summed E-state index contributed by atoms with van der Waals surface area (Å²) in [5, 5.41) is 13.4. The second-order valence-electron chi connectivity index (χ2n) is 9.32. The van der Waals surface area contributed by atoms with Gasteiger partial charge in [0.25, 0.3) is 0 Å². The van der Waals surface area contributed by atoms with Crippen LogP contribution in [0.5, 0.6) is 0 Å². The molecule has 0 spiro atoms. The van der Waals surface area contributed by atoms with Crippen molar-refractivity contribution in [3.8, 4) is 11.1 Å². The molecule has 0 bridgehead atoms. The average molecular weight is 516 g/mol. The van der Waals surface area contributed by atoms with Gasteiger partial charge in [-0.3, -0.25) is 14.5 Å². The molecule has 9 nitrogen and oxygen atoms in total. The van der Waals surface area contributed by atoms with Gasteiger partial charge in [0.15, 0.2) is 5.78 Å². The molecule has 2 heterocycles. The van der Waals surface area contributed by atoms with E-state index >= 15 is 4.39 Å². The number of aromatic nitrogens is 3. The van der Waals surface area contributed by atoms with Crippen LogP contribution in [0.1, 0.15) is 34.3 Å². The van der Waals surface area contributed by atoms with Crippen molar-refractivity contribution in [2.24, 2.45) is 0 Å². The third-order valence-corrected chi connectivity index (χ3v) is 6.56. The number of cyclic esters (lactones) is 1. The Labute approximate surface area is 218 Å². The van der Waals surface area contributed by atoms with Gasteiger partial charge in [-0.05, 0) is 43.7 Å². The van der Waals surface area contributed by atoms with Crippen LogP contribution in [0.2, 0.25) is 0 Å². The number of anilines is 1. The van der Waals surface area contributed by atoms with E-state index in [2.05, 4.69) is 20.7 Å². The van der Waals surface area contributed by atoms with Crippen LogP contribution in [0, 0.1) is 19.7 Å². The van der Waals surface area contributed by atoms with Crippen LogP contribution in [0.25, 0.3) is 22.2 Å². The van der Waals surface area contributed by atoms with Crippen molar-refractivity contribution in [3.63, 3.8) is 0 Å². The first-order chi connectivity index (χ1) is 18.3. The summed E-state index contributed by atoms with van der Waals surface area (Å²) < 4.78 is 20.5. The normalized spacial score (nSPS) is 15.1. The van der Waals surface area contributed by atoms with Crippen LogP contribution >= 0.6 is 0 Å². The van der Waals surface area contributed by atoms with E-state index in [1.165, 1.54) is 11.0 Å². The highest BCUT2D eigenvalue weighted by Gasteiger charge is 2.33. The van der Waals surface area contributed by atoms with Gasteiger partial charge < -0.3 is 10.1 Å². The lowest BCUT2D eigenvalue weighted by molar-refractivity contribution is -0.121. The van der Waals surface area contributed by atoms with Crippen molar-refractivity contribution < 1.29 is 23.5 Å². The smallest absolute Gasteiger partial charge is 0.414 e. The number of Topliss-reactive ketones (excluding diaryl/α,β-unsaturated/α-hetero) is 1. The molecular weight excluding hydrogens is 489 g/mol. The largest absolute Gasteiger partial charge is 0.442 e. The van der Waals surface area contributed by atoms with Gasteiger partial charge in [-0.15, -0.1) is 0 Å². The van der Waals surface area contributed by atoms with Gasteiger partial charge in [-0.1, -0.05) is 35.9 Å². The third kappa shape index (κ3) is 5.10. The number of hydrogen-bond donors (Lipinski definition) is 2. The molecule has 5 rings (SSSR count). The number of benzene rings is 3. The molecular formula is C28H26FN5O4. The molecule has 1 aromatic heterocycles. The predicted octanol–water partition coefficient (Wildman–Crippen LogP) is 4.49. The lowest BCUT2D eigenvalue weighted by Crippen LogP contribution is -2.34. The topological polar surface area (TPSA) is 117 Å². The first kappa shape index (κ1) is 25.1. The van der Waals surface area contributed by atoms with Crippen LogP contribution in [0.4, 0.5) is 14.9 Å². The average Bonchev–Trinajstić information content (AvgIpc) is 3.52. The fourth-order valence-electron chi connectivity index (χ4n) is 4.62. The SMILES string of the molecule is Cc1ccc(C(=O)CCC(=O)NC[C@H]2CN(c3ccc(-c4cccc5n[nH]nc45)c(F)c3)C(=O)O2)c(C)c1. The minimum Gasteiger partial charge on any atom is -0.442 e. The maximum Gasteiger partial charge on any atom is 0.414 e. The summed E-state index contributed by atoms with van der Waals surface area (Å²) >= 11 is 0. The highest BCUT2D eigenvalue weighted by atomic mass is 19.1. The summed E-state index contributed by atoms with van der Waals surface area (Å²) in [5.41, 5.74) is 4.99. The monoisotopic (exact) mass is 515 g/mol. The predicted molar refractivity (Wildman–Crippen MR) is 139 cm³/mol. The van der Waals surface area contributed by atoms with E-state index in [-0.39, 0.29) is 37.6 Å². The first-order valence-electron chi connectivity index (χ1n) is 12.2. The van der Waals surface area contributed by atoms with E-state index in [9.17, 15) is 14.4 Å². The molecule has 1 saturated heterocycles. The van der Waals surface area contributed by atoms with Crippen LogP contribution in [0.3, 0.4) is 0 Å². The van der Waals surface area contributed by atoms with E-state index < -0.39 is 18.0 Å². The molecule has 38 heavy (non-hydrogen) atoms. The highest BCUT2D eigenvalue weighted by Crippen LogP contribution is 2.32. The lowest BCUT2D eigenvalue weighted by atomic mass is 9.99. The summed E-state index contributed by atoms with van der Waals surface area (Å²) in [7, 11) is 0. The van der Waals surface area contributed by atoms with Gasteiger partial charge >= 0.3 is 6.09 Å². The molecule has 4 aromatic rings. The molecule has 2 N–H and O–H groups in total. The Morgan fingerprint density at radius 3 is 2.71 bits per heavy atom. The Bertz CT molecular complexity index is 1550. The van der Waals surface area contributed by atoms with Gasteiger partial charge in [-0.2, -0.15) is 15.4 Å². The van der Waals surface area contributed by atoms with Crippen LogP contribution in [-0.2, 0) is 9.53 Å². The Morgan fingerprint density at radius 1 is 1.08 bits per heavy atom. The Kier molecular flexibility index (Phi) is 6.87. The van der Waals surface area contributed by atoms with E-state index in [0.29, 0.717) is 33.4 Å². The Balaban J connectivity index is 1.17. The molecule has 1 fully saturated rings. The second kappa shape index (κ2) is 10.4. The van der Waals surface area contributed by atoms with Crippen molar-refractivity contribution in [1.82, 2.24) is 20.7 Å². The Hall–Kier alpha value is -4.60. The molecule has 0 aliphatic carbocycles. The van der Waals surface area contributed by atoms with E-state index in [1.807, 2.05) is 26.0 Å². The number of rotatable bonds is 8. The summed E-state index contributed by atoms with van der Waals surface area (Å²) in [4.78, 5) is 38.6. The molecule has 194 valence electrons. The fourth-order valence-corrected chi connectivity index (χ4v) is 4.62. The van der Waals surface area contributed by atoms with Crippen molar-refractivity contribution in [2.75, 3.05) is 18.0 Å². The van der Waals surface area contributed by atoms with Gasteiger partial charge in [-0.25, -0.2) is 9.18 Å². The number of aryl methyl sites for hydroxylation is 2. The molecule has 1 aliphatic heterocycles. The minimum absolute atomic E-state index is 0.0292. The Morgan fingerprint density at radius 2 is 1.92 bits per heavy atom. The van der Waals surface area contributed by atoms with Crippen molar-refractivity contribution in [3.05, 3.63) is 77.1 Å². The van der Waals surface area contributed by atoms with Crippen molar-refractivity contribution in [2.45, 2.75) is 32.8 Å². The minimum atomic E-state index is -0.625. The number of nitrogens with one attached hydrogen (secondary N) is 2. The molecule has 0 saturated carbocycles. The van der Waals surface area contributed by atoms with Gasteiger partial charge in [0, 0.05) is 29.5 Å². The number of carbonyl (C=O) groups excluding carboxylic acids is 3. The highest BCUT2D eigenvalue weighted by molar-refractivity contribution is 5.99. The lowest BCUT2D eigenvalue weighted by Gasteiger charge is -2.15. The van der Waals surface area contributed by atoms with E-state index in [1.54, 1.807) is 36.4 Å². The van der Waals surface area contributed by atoms with E-state index in [0.717, 1.165) is 11.1 Å². The number of ether oxygens (including phenoxy) is 1. The number of amides is 2. The zero-order valence-electron chi connectivity index (χ0n) is 21.0. The fraction of sp³-hybridized carbons (Fsp3) is 0.250. The number of halogens is 1. The first-order valence-corrected chi connectivity index (χ1v) is 12.2. The van der Waals surface area contributed by atoms with Crippen molar-refractivity contribution >= 4 is 34.5 Å². The number of carbonyl (C=O) groups is 3. The molecule has 2 amide bonds. The van der Waals surface area contributed by atoms with Crippen LogP contribution < -0.4 is 10.2 Å². The quantitative estimate of drug-likeness (QED) is 0.334. The number of nitrogens with zero attached hydrogens (tertiary/aromatic N) is 3. The number of ketones is 1.